The maximum absolute atomic E-state index is 12.7. The van der Waals surface area contributed by atoms with Crippen molar-refractivity contribution in [1.82, 2.24) is 15.1 Å². The SMILES string of the molecule is O=C(O)CC1CCCN1C(=O)c1n[nH]c2ccc([N+](=O)[O-])cc12. The summed E-state index contributed by atoms with van der Waals surface area (Å²) in [6, 6.07) is 3.76. The van der Waals surface area contributed by atoms with Gasteiger partial charge in [0.1, 0.15) is 0 Å². The van der Waals surface area contributed by atoms with Crippen LogP contribution in [0, 0.1) is 10.1 Å². The number of nitrogens with one attached hydrogen (secondary N) is 1. The second-order valence-corrected chi connectivity index (χ2v) is 5.45. The molecule has 0 bridgehead atoms. The molecule has 2 aromatic rings. The zero-order valence-electron chi connectivity index (χ0n) is 12.1. The van der Waals surface area contributed by atoms with Gasteiger partial charge in [-0.2, -0.15) is 5.10 Å². The van der Waals surface area contributed by atoms with Crippen LogP contribution < -0.4 is 0 Å². The number of benzene rings is 1. The molecular weight excluding hydrogens is 304 g/mol. The lowest BCUT2D eigenvalue weighted by Crippen LogP contribution is -2.37. The van der Waals surface area contributed by atoms with Gasteiger partial charge >= 0.3 is 5.97 Å². The highest BCUT2D eigenvalue weighted by molar-refractivity contribution is 6.05. The van der Waals surface area contributed by atoms with Gasteiger partial charge in [0, 0.05) is 30.1 Å². The Bertz CT molecular complexity index is 800. The number of aromatic amines is 1. The van der Waals surface area contributed by atoms with Crippen LogP contribution >= 0.6 is 0 Å². The topological polar surface area (TPSA) is 129 Å². The van der Waals surface area contributed by atoms with Gasteiger partial charge in [0.25, 0.3) is 11.6 Å². The first-order valence-corrected chi connectivity index (χ1v) is 7.12. The summed E-state index contributed by atoms with van der Waals surface area (Å²) >= 11 is 0. The Morgan fingerprint density at radius 2 is 2.26 bits per heavy atom. The number of carboxylic acid groups (broad SMARTS) is 1. The second-order valence-electron chi connectivity index (χ2n) is 5.45. The average molecular weight is 318 g/mol. The lowest BCUT2D eigenvalue weighted by molar-refractivity contribution is -0.384. The minimum atomic E-state index is -0.961. The fraction of sp³-hybridized carbons (Fsp3) is 0.357. The number of carbonyl (C=O) groups excluding carboxylic acids is 1. The Kier molecular flexibility index (Phi) is 3.68. The Morgan fingerprint density at radius 1 is 1.48 bits per heavy atom. The van der Waals surface area contributed by atoms with Crippen LogP contribution in [0.25, 0.3) is 10.9 Å². The van der Waals surface area contributed by atoms with Crippen LogP contribution in [0.2, 0.25) is 0 Å². The molecule has 0 radical (unpaired) electrons. The van der Waals surface area contributed by atoms with Crippen molar-refractivity contribution in [3.63, 3.8) is 0 Å². The average Bonchev–Trinajstić information content (AvgIpc) is 3.11. The van der Waals surface area contributed by atoms with Gasteiger partial charge in [0.05, 0.1) is 16.9 Å². The number of carbonyl (C=O) groups is 2. The second kappa shape index (κ2) is 5.67. The molecule has 0 spiro atoms. The highest BCUT2D eigenvalue weighted by Gasteiger charge is 2.33. The molecule has 9 nitrogen and oxygen atoms in total. The van der Waals surface area contributed by atoms with E-state index >= 15 is 0 Å². The van der Waals surface area contributed by atoms with E-state index in [1.54, 1.807) is 0 Å². The number of hydrogen-bond acceptors (Lipinski definition) is 5. The molecule has 1 saturated heterocycles. The van der Waals surface area contributed by atoms with Gasteiger partial charge in [-0.1, -0.05) is 0 Å². The highest BCUT2D eigenvalue weighted by atomic mass is 16.6. The fourth-order valence-corrected chi connectivity index (χ4v) is 2.93. The monoisotopic (exact) mass is 318 g/mol. The number of aliphatic carboxylic acids is 1. The van der Waals surface area contributed by atoms with Crippen LogP contribution in [-0.2, 0) is 4.79 Å². The normalized spacial score (nSPS) is 17.6. The number of hydrogen-bond donors (Lipinski definition) is 2. The predicted molar refractivity (Wildman–Crippen MR) is 79.1 cm³/mol. The quantitative estimate of drug-likeness (QED) is 0.650. The first-order valence-electron chi connectivity index (χ1n) is 7.12. The number of nitro benzene ring substituents is 1. The molecule has 2 heterocycles. The standard InChI is InChI=1S/C14H14N4O5/c19-12(20)7-8-2-1-5-17(8)14(21)13-10-6-9(18(22)23)3-4-11(10)15-16-13/h3-4,6,8H,1-2,5,7H2,(H,15,16)(H,19,20). The third-order valence-electron chi connectivity index (χ3n) is 4.01. The van der Waals surface area contributed by atoms with E-state index in [4.69, 9.17) is 5.11 Å². The van der Waals surface area contributed by atoms with E-state index in [1.807, 2.05) is 0 Å². The maximum Gasteiger partial charge on any atom is 0.305 e. The number of non-ortho nitro benzene ring substituents is 1. The van der Waals surface area contributed by atoms with Crippen LogP contribution in [0.4, 0.5) is 5.69 Å². The largest absolute Gasteiger partial charge is 0.481 e. The molecule has 1 atom stereocenters. The van der Waals surface area contributed by atoms with E-state index in [0.717, 1.165) is 6.42 Å². The number of rotatable bonds is 4. The predicted octanol–water partition coefficient (Wildman–Crippen LogP) is 1.55. The van der Waals surface area contributed by atoms with Gasteiger partial charge < -0.3 is 10.0 Å². The fourth-order valence-electron chi connectivity index (χ4n) is 2.93. The van der Waals surface area contributed by atoms with Gasteiger partial charge in [-0.25, -0.2) is 0 Å². The van der Waals surface area contributed by atoms with Gasteiger partial charge in [-0.15, -0.1) is 0 Å². The van der Waals surface area contributed by atoms with E-state index in [-0.39, 0.29) is 23.8 Å². The van der Waals surface area contributed by atoms with Crippen molar-refractivity contribution in [3.05, 3.63) is 34.0 Å². The Hall–Kier alpha value is -2.97. The van der Waals surface area contributed by atoms with Gasteiger partial charge in [0.15, 0.2) is 5.69 Å². The summed E-state index contributed by atoms with van der Waals surface area (Å²) in [5.41, 5.74) is 0.477. The summed E-state index contributed by atoms with van der Waals surface area (Å²) in [5.74, 6) is -1.36. The van der Waals surface area contributed by atoms with Crippen molar-refractivity contribution in [2.45, 2.75) is 25.3 Å². The van der Waals surface area contributed by atoms with E-state index in [9.17, 15) is 19.7 Å². The van der Waals surface area contributed by atoms with E-state index < -0.39 is 16.8 Å². The van der Waals surface area contributed by atoms with Crippen molar-refractivity contribution < 1.29 is 19.6 Å². The molecule has 1 fully saturated rings. The zero-order valence-corrected chi connectivity index (χ0v) is 12.1. The summed E-state index contributed by atoms with van der Waals surface area (Å²) < 4.78 is 0. The van der Waals surface area contributed by atoms with Crippen molar-refractivity contribution in [3.8, 4) is 0 Å². The molecule has 1 amide bonds. The molecule has 120 valence electrons. The van der Waals surface area contributed by atoms with Crippen molar-refractivity contribution in [2.24, 2.45) is 0 Å². The molecule has 1 aliphatic heterocycles. The number of fused-ring (bicyclic) bond motifs is 1. The Morgan fingerprint density at radius 3 is 2.96 bits per heavy atom. The van der Waals surface area contributed by atoms with E-state index in [1.165, 1.54) is 23.1 Å². The lowest BCUT2D eigenvalue weighted by atomic mass is 10.1. The Labute approximate surface area is 130 Å². The van der Waals surface area contributed by atoms with Crippen LogP contribution in [-0.4, -0.2) is 49.6 Å². The molecule has 3 rings (SSSR count). The molecule has 1 aromatic carbocycles. The first kappa shape index (κ1) is 14.9. The molecule has 0 aliphatic carbocycles. The number of aromatic nitrogens is 2. The molecule has 1 unspecified atom stereocenters. The lowest BCUT2D eigenvalue weighted by Gasteiger charge is -2.22. The molecule has 9 heteroatoms. The third-order valence-corrected chi connectivity index (χ3v) is 4.01. The first-order chi connectivity index (χ1) is 11.0. The number of H-pyrrole nitrogens is 1. The number of nitro groups is 1. The van der Waals surface area contributed by atoms with E-state index in [2.05, 4.69) is 10.2 Å². The molecular formula is C14H14N4O5. The Balaban J connectivity index is 1.95. The zero-order chi connectivity index (χ0) is 16.6. The van der Waals surface area contributed by atoms with Crippen LogP contribution in [0.15, 0.2) is 18.2 Å². The third kappa shape index (κ3) is 2.72. The minimum Gasteiger partial charge on any atom is -0.481 e. The summed E-state index contributed by atoms with van der Waals surface area (Å²) in [4.78, 5) is 35.4. The van der Waals surface area contributed by atoms with Crippen LogP contribution in [0.5, 0.6) is 0 Å². The smallest absolute Gasteiger partial charge is 0.305 e. The molecule has 23 heavy (non-hydrogen) atoms. The summed E-state index contributed by atoms with van der Waals surface area (Å²) in [6.07, 6.45) is 1.24. The van der Waals surface area contributed by atoms with Crippen molar-refractivity contribution >= 4 is 28.5 Å². The number of amides is 1. The summed E-state index contributed by atoms with van der Waals surface area (Å²) in [7, 11) is 0. The molecule has 2 N–H and O–H groups in total. The van der Waals surface area contributed by atoms with Gasteiger partial charge in [-0.3, -0.25) is 24.8 Å². The summed E-state index contributed by atoms with van der Waals surface area (Å²) in [5, 5.41) is 26.8. The van der Waals surface area contributed by atoms with Crippen LogP contribution in [0.1, 0.15) is 29.8 Å². The summed E-state index contributed by atoms with van der Waals surface area (Å²) in [6.45, 7) is 0.458. The molecule has 1 aliphatic rings. The van der Waals surface area contributed by atoms with Gasteiger partial charge in [0.2, 0.25) is 0 Å². The number of carboxylic acids is 1. The van der Waals surface area contributed by atoms with Crippen molar-refractivity contribution in [2.75, 3.05) is 6.54 Å². The molecule has 1 aromatic heterocycles. The highest BCUT2D eigenvalue weighted by Crippen LogP contribution is 2.27. The van der Waals surface area contributed by atoms with Crippen LogP contribution in [0.3, 0.4) is 0 Å². The maximum atomic E-state index is 12.7. The number of likely N-dealkylation sites (tertiary alicyclic amines) is 1. The van der Waals surface area contributed by atoms with E-state index in [0.29, 0.717) is 23.9 Å². The van der Waals surface area contributed by atoms with Gasteiger partial charge in [-0.05, 0) is 18.9 Å². The molecule has 0 saturated carbocycles. The minimum absolute atomic E-state index is 0.0842. The number of nitrogens with zero attached hydrogens (tertiary/aromatic N) is 3. The van der Waals surface area contributed by atoms with Crippen molar-refractivity contribution in [1.29, 1.82) is 0 Å².